The van der Waals surface area contributed by atoms with Gasteiger partial charge in [0.15, 0.2) is 0 Å². The van der Waals surface area contributed by atoms with E-state index in [0.29, 0.717) is 6.04 Å². The van der Waals surface area contributed by atoms with Crippen LogP contribution >= 0.6 is 11.8 Å². The summed E-state index contributed by atoms with van der Waals surface area (Å²) in [4.78, 5) is 20.7. The van der Waals surface area contributed by atoms with Crippen molar-refractivity contribution in [1.82, 2.24) is 14.3 Å². The third-order valence-electron chi connectivity index (χ3n) is 5.27. The average Bonchev–Trinajstić information content (AvgIpc) is 3.37. The summed E-state index contributed by atoms with van der Waals surface area (Å²) in [7, 11) is 0. The number of imidazole rings is 1. The van der Waals surface area contributed by atoms with Crippen molar-refractivity contribution < 1.29 is 4.79 Å². The summed E-state index contributed by atoms with van der Waals surface area (Å²) in [5.74, 6) is 0.985. The van der Waals surface area contributed by atoms with Crippen molar-refractivity contribution in [3.8, 4) is 0 Å². The second-order valence-corrected chi connectivity index (χ2v) is 8.09. The highest BCUT2D eigenvalue weighted by molar-refractivity contribution is 7.98. The fourth-order valence-electron chi connectivity index (χ4n) is 3.86. The van der Waals surface area contributed by atoms with E-state index in [4.69, 9.17) is 0 Å². The molecule has 3 aromatic rings. The zero-order chi connectivity index (χ0) is 18.6. The molecule has 0 aliphatic heterocycles. The molecule has 2 heterocycles. The first-order chi connectivity index (χ1) is 13.2. The van der Waals surface area contributed by atoms with E-state index in [1.165, 1.54) is 12.8 Å². The van der Waals surface area contributed by atoms with Crippen molar-refractivity contribution in [3.05, 3.63) is 66.1 Å². The van der Waals surface area contributed by atoms with Gasteiger partial charge >= 0.3 is 0 Å². The molecule has 0 N–H and O–H groups in total. The maximum absolute atomic E-state index is 12.9. The highest BCUT2D eigenvalue weighted by atomic mass is 32.2. The molecule has 0 radical (unpaired) electrons. The van der Waals surface area contributed by atoms with Gasteiger partial charge in [0, 0.05) is 41.2 Å². The van der Waals surface area contributed by atoms with Crippen LogP contribution in [0.15, 0.2) is 59.8 Å². The number of carbonyl (C=O) groups excluding carboxylic acids is 1. The summed E-state index contributed by atoms with van der Waals surface area (Å²) < 4.78 is 2.04. The van der Waals surface area contributed by atoms with Gasteiger partial charge in [-0.25, -0.2) is 4.98 Å². The van der Waals surface area contributed by atoms with Crippen molar-refractivity contribution >= 4 is 23.3 Å². The lowest BCUT2D eigenvalue weighted by Gasteiger charge is -2.27. The third-order valence-corrected chi connectivity index (χ3v) is 6.31. The highest BCUT2D eigenvalue weighted by Gasteiger charge is 2.26. The molecule has 0 unspecified atom stereocenters. The molecular formula is C22H25N3OS. The highest BCUT2D eigenvalue weighted by Crippen LogP contribution is 2.26. The maximum Gasteiger partial charge on any atom is 0.254 e. The number of rotatable bonds is 6. The smallest absolute Gasteiger partial charge is 0.254 e. The fraction of sp³-hybridized carbons (Fsp3) is 0.364. The van der Waals surface area contributed by atoms with E-state index >= 15 is 0 Å². The monoisotopic (exact) mass is 379 g/mol. The molecule has 1 fully saturated rings. The summed E-state index contributed by atoms with van der Waals surface area (Å²) in [5.41, 5.74) is 2.83. The van der Waals surface area contributed by atoms with Gasteiger partial charge in [-0.1, -0.05) is 18.9 Å². The van der Waals surface area contributed by atoms with Crippen molar-refractivity contribution in [2.75, 3.05) is 6.54 Å². The molecular weight excluding hydrogens is 354 g/mol. The predicted molar refractivity (Wildman–Crippen MR) is 110 cm³/mol. The number of hydrogen-bond donors (Lipinski definition) is 0. The van der Waals surface area contributed by atoms with Gasteiger partial charge in [-0.05, 0) is 56.2 Å². The minimum atomic E-state index is 0.168. The van der Waals surface area contributed by atoms with Gasteiger partial charge in [0.25, 0.3) is 5.91 Å². The number of carbonyl (C=O) groups is 1. The Morgan fingerprint density at radius 2 is 1.96 bits per heavy atom. The normalized spacial score (nSPS) is 14.7. The van der Waals surface area contributed by atoms with Gasteiger partial charge in [-0.2, -0.15) is 0 Å². The van der Waals surface area contributed by atoms with Crippen LogP contribution in [0, 0.1) is 0 Å². The first kappa shape index (κ1) is 18.1. The molecule has 4 nitrogen and oxygen atoms in total. The summed E-state index contributed by atoms with van der Waals surface area (Å²) in [6.07, 6.45) is 8.86. The van der Waals surface area contributed by atoms with Crippen LogP contribution in [0.4, 0.5) is 0 Å². The Labute approximate surface area is 164 Å². The van der Waals surface area contributed by atoms with Gasteiger partial charge in [0.2, 0.25) is 0 Å². The molecule has 2 aromatic heterocycles. The Kier molecular flexibility index (Phi) is 5.48. The summed E-state index contributed by atoms with van der Waals surface area (Å²) >= 11 is 1.75. The van der Waals surface area contributed by atoms with Gasteiger partial charge in [-0.15, -0.1) is 11.8 Å². The minimum absolute atomic E-state index is 0.168. The van der Waals surface area contributed by atoms with Gasteiger partial charge < -0.3 is 9.30 Å². The Morgan fingerprint density at radius 3 is 2.67 bits per heavy atom. The van der Waals surface area contributed by atoms with Crippen LogP contribution in [0.3, 0.4) is 0 Å². The average molecular weight is 380 g/mol. The molecule has 27 heavy (non-hydrogen) atoms. The zero-order valence-corrected chi connectivity index (χ0v) is 16.5. The lowest BCUT2D eigenvalue weighted by atomic mass is 10.1. The summed E-state index contributed by atoms with van der Waals surface area (Å²) in [6, 6.07) is 14.5. The van der Waals surface area contributed by atoms with Crippen molar-refractivity contribution in [2.45, 2.75) is 49.3 Å². The van der Waals surface area contributed by atoms with Crippen LogP contribution in [0.25, 0.3) is 5.65 Å². The topological polar surface area (TPSA) is 37.6 Å². The van der Waals surface area contributed by atoms with E-state index in [-0.39, 0.29) is 5.91 Å². The van der Waals surface area contributed by atoms with Crippen LogP contribution in [-0.4, -0.2) is 32.8 Å². The van der Waals surface area contributed by atoms with Crippen molar-refractivity contribution in [3.63, 3.8) is 0 Å². The first-order valence-electron chi connectivity index (χ1n) is 9.71. The molecule has 0 bridgehead atoms. The van der Waals surface area contributed by atoms with Crippen molar-refractivity contribution in [1.29, 1.82) is 0 Å². The number of thioether (sulfide) groups is 1. The minimum Gasteiger partial charge on any atom is -0.336 e. The lowest BCUT2D eigenvalue weighted by molar-refractivity contribution is 0.0693. The second kappa shape index (κ2) is 8.17. The van der Waals surface area contributed by atoms with E-state index in [0.717, 1.165) is 46.9 Å². The molecule has 0 spiro atoms. The van der Waals surface area contributed by atoms with E-state index in [1.807, 2.05) is 45.8 Å². The number of fused-ring (bicyclic) bond motifs is 1. The number of nitrogens with zero attached hydrogens (tertiary/aromatic N) is 3. The number of benzene rings is 1. The lowest BCUT2D eigenvalue weighted by Crippen LogP contribution is -2.38. The molecule has 0 atom stereocenters. The van der Waals surface area contributed by atoms with Crippen LogP contribution in [-0.2, 0) is 5.75 Å². The summed E-state index contributed by atoms with van der Waals surface area (Å²) in [6.45, 7) is 2.86. The fourth-order valence-corrected chi connectivity index (χ4v) is 4.64. The number of aromatic nitrogens is 2. The van der Waals surface area contributed by atoms with E-state index in [2.05, 4.69) is 30.2 Å². The van der Waals surface area contributed by atoms with Crippen LogP contribution in [0.5, 0.6) is 0 Å². The molecule has 1 amide bonds. The molecule has 1 aliphatic carbocycles. The standard InChI is InChI=1S/C22H25N3OS/c1-2-25(19-7-3-4-8-19)22(26)17-10-12-20(13-11-17)27-16-18-15-24-14-6-5-9-21(24)23-18/h5-6,9-15,19H,2-4,7-8,16H2,1H3. The Bertz CT molecular complexity index is 880. The molecule has 1 aliphatic rings. The Balaban J connectivity index is 1.40. The molecule has 140 valence electrons. The van der Waals surface area contributed by atoms with Crippen LogP contribution in [0.2, 0.25) is 0 Å². The molecule has 0 saturated heterocycles. The maximum atomic E-state index is 12.9. The second-order valence-electron chi connectivity index (χ2n) is 7.04. The number of amides is 1. The van der Waals surface area contributed by atoms with Gasteiger partial charge in [0.1, 0.15) is 5.65 Å². The van der Waals surface area contributed by atoms with E-state index in [1.54, 1.807) is 11.8 Å². The first-order valence-corrected chi connectivity index (χ1v) is 10.7. The van der Waals surface area contributed by atoms with E-state index < -0.39 is 0 Å². The quantitative estimate of drug-likeness (QED) is 0.564. The molecule has 4 rings (SSSR count). The Morgan fingerprint density at radius 1 is 1.19 bits per heavy atom. The molecule has 1 aromatic carbocycles. The van der Waals surface area contributed by atoms with Gasteiger partial charge in [0.05, 0.1) is 5.69 Å². The van der Waals surface area contributed by atoms with Crippen LogP contribution < -0.4 is 0 Å². The zero-order valence-electron chi connectivity index (χ0n) is 15.7. The SMILES string of the molecule is CCN(C(=O)c1ccc(SCc2cn3ccccc3n2)cc1)C1CCCC1. The Hall–Kier alpha value is -2.27. The number of hydrogen-bond acceptors (Lipinski definition) is 3. The number of pyridine rings is 1. The van der Waals surface area contributed by atoms with Crippen molar-refractivity contribution in [2.24, 2.45) is 0 Å². The summed E-state index contributed by atoms with van der Waals surface area (Å²) in [5, 5.41) is 0. The molecule has 5 heteroatoms. The van der Waals surface area contributed by atoms with E-state index in [9.17, 15) is 4.79 Å². The molecule has 1 saturated carbocycles. The largest absolute Gasteiger partial charge is 0.336 e. The van der Waals surface area contributed by atoms with Crippen LogP contribution in [0.1, 0.15) is 48.7 Å². The third kappa shape index (κ3) is 4.03. The van der Waals surface area contributed by atoms with Gasteiger partial charge in [-0.3, -0.25) is 4.79 Å². The predicted octanol–water partition coefficient (Wildman–Crippen LogP) is 5.03.